The van der Waals surface area contributed by atoms with Crippen LogP contribution in [-0.2, 0) is 11.2 Å². The van der Waals surface area contributed by atoms with Crippen molar-refractivity contribution in [3.8, 4) is 11.4 Å². The van der Waals surface area contributed by atoms with Crippen LogP contribution in [0.1, 0.15) is 12.7 Å². The highest BCUT2D eigenvalue weighted by Crippen LogP contribution is 2.14. The molecule has 0 atom stereocenters. The first kappa shape index (κ1) is 12.5. The van der Waals surface area contributed by atoms with Gasteiger partial charge in [0.15, 0.2) is 0 Å². The van der Waals surface area contributed by atoms with Crippen molar-refractivity contribution in [1.82, 2.24) is 15.0 Å². The van der Waals surface area contributed by atoms with Crippen molar-refractivity contribution in [2.75, 3.05) is 0 Å². The summed E-state index contributed by atoms with van der Waals surface area (Å²) in [7, 11) is 0. The van der Waals surface area contributed by atoms with Crippen LogP contribution in [0.3, 0.4) is 0 Å². The third-order valence-corrected chi connectivity index (χ3v) is 2.42. The van der Waals surface area contributed by atoms with E-state index in [1.807, 2.05) is 0 Å². The lowest BCUT2D eigenvalue weighted by molar-refractivity contribution is -0.116. The van der Waals surface area contributed by atoms with Gasteiger partial charge in [-0.05, 0) is 43.4 Å². The van der Waals surface area contributed by atoms with Crippen LogP contribution in [0, 0.1) is 10.6 Å². The molecule has 1 aromatic heterocycles. The van der Waals surface area contributed by atoms with Crippen molar-refractivity contribution in [3.05, 3.63) is 40.7 Å². The number of aromatic amines is 1. The van der Waals surface area contributed by atoms with E-state index in [-0.39, 0.29) is 22.8 Å². The fourth-order valence-electron chi connectivity index (χ4n) is 1.49. The summed E-state index contributed by atoms with van der Waals surface area (Å²) < 4.78 is 13.0. The number of ketones is 1. The lowest BCUT2D eigenvalue weighted by Gasteiger charge is -2.03. The summed E-state index contributed by atoms with van der Waals surface area (Å²) in [6.45, 7) is 1.47. The standard InChI is InChI=1S/C12H10FN3OS/c1-7(17)6-10-14-11(16-12(18)15-10)8-2-4-9(13)5-3-8/h2-5H,6H2,1H3,(H,14,15,16,18). The van der Waals surface area contributed by atoms with Gasteiger partial charge in [0.1, 0.15) is 23.2 Å². The Kier molecular flexibility index (Phi) is 3.57. The van der Waals surface area contributed by atoms with E-state index in [0.29, 0.717) is 17.2 Å². The maximum Gasteiger partial charge on any atom is 0.222 e. The Morgan fingerprint density at radius 2 is 2.00 bits per heavy atom. The predicted octanol–water partition coefficient (Wildman–Crippen LogP) is 2.47. The van der Waals surface area contributed by atoms with E-state index >= 15 is 0 Å². The highest BCUT2D eigenvalue weighted by molar-refractivity contribution is 7.71. The number of nitrogens with one attached hydrogen (secondary N) is 1. The second-order valence-electron chi connectivity index (χ2n) is 3.81. The summed E-state index contributed by atoms with van der Waals surface area (Å²) in [6.07, 6.45) is 0.167. The molecule has 0 radical (unpaired) electrons. The quantitative estimate of drug-likeness (QED) is 0.864. The first-order valence-electron chi connectivity index (χ1n) is 5.27. The zero-order valence-corrected chi connectivity index (χ0v) is 10.4. The normalized spacial score (nSPS) is 10.3. The Morgan fingerprint density at radius 1 is 1.33 bits per heavy atom. The molecule has 92 valence electrons. The number of hydrogen-bond acceptors (Lipinski definition) is 4. The second kappa shape index (κ2) is 5.14. The molecule has 0 aliphatic rings. The lowest BCUT2D eigenvalue weighted by atomic mass is 10.2. The molecule has 6 heteroatoms. The van der Waals surface area contributed by atoms with E-state index in [0.717, 1.165) is 0 Å². The van der Waals surface area contributed by atoms with Gasteiger partial charge in [0.25, 0.3) is 0 Å². The molecule has 0 amide bonds. The van der Waals surface area contributed by atoms with Gasteiger partial charge in [-0.2, -0.15) is 0 Å². The van der Waals surface area contributed by atoms with Gasteiger partial charge in [-0.3, -0.25) is 4.79 Å². The molecule has 0 saturated heterocycles. The van der Waals surface area contributed by atoms with Gasteiger partial charge in [0.2, 0.25) is 4.77 Å². The molecule has 1 N–H and O–H groups in total. The van der Waals surface area contributed by atoms with Crippen molar-refractivity contribution in [1.29, 1.82) is 0 Å². The highest BCUT2D eigenvalue weighted by atomic mass is 32.1. The number of nitrogens with zero attached hydrogens (tertiary/aromatic N) is 2. The molecular formula is C12H10FN3OS. The number of H-pyrrole nitrogens is 1. The molecule has 0 bridgehead atoms. The highest BCUT2D eigenvalue weighted by Gasteiger charge is 2.05. The third kappa shape index (κ3) is 3.04. The number of Topliss-reactive ketones (excluding diaryl/α,β-unsaturated/α-hetero) is 1. The topological polar surface area (TPSA) is 58.6 Å². The molecule has 0 fully saturated rings. The largest absolute Gasteiger partial charge is 0.327 e. The molecule has 1 heterocycles. The van der Waals surface area contributed by atoms with E-state index in [4.69, 9.17) is 12.2 Å². The zero-order valence-electron chi connectivity index (χ0n) is 9.61. The summed E-state index contributed by atoms with van der Waals surface area (Å²) in [5, 5.41) is 0. The van der Waals surface area contributed by atoms with Crippen LogP contribution in [0.4, 0.5) is 4.39 Å². The average Bonchev–Trinajstić information content (AvgIpc) is 2.28. The van der Waals surface area contributed by atoms with Crippen LogP contribution in [0.15, 0.2) is 24.3 Å². The predicted molar refractivity (Wildman–Crippen MR) is 67.0 cm³/mol. The van der Waals surface area contributed by atoms with Gasteiger partial charge in [0.05, 0.1) is 6.42 Å². The average molecular weight is 263 g/mol. The first-order valence-corrected chi connectivity index (χ1v) is 5.68. The lowest BCUT2D eigenvalue weighted by Crippen LogP contribution is -2.05. The Labute approximate surface area is 108 Å². The van der Waals surface area contributed by atoms with Crippen molar-refractivity contribution >= 4 is 18.0 Å². The monoisotopic (exact) mass is 263 g/mol. The van der Waals surface area contributed by atoms with Crippen LogP contribution < -0.4 is 0 Å². The van der Waals surface area contributed by atoms with E-state index in [1.165, 1.54) is 19.1 Å². The van der Waals surface area contributed by atoms with Gasteiger partial charge in [-0.1, -0.05) is 0 Å². The minimum absolute atomic E-state index is 0.0237. The van der Waals surface area contributed by atoms with Crippen molar-refractivity contribution in [3.63, 3.8) is 0 Å². The molecule has 2 rings (SSSR count). The minimum Gasteiger partial charge on any atom is -0.327 e. The third-order valence-electron chi connectivity index (χ3n) is 2.23. The Balaban J connectivity index is 2.44. The SMILES string of the molecule is CC(=O)Cc1nc(=S)nc(-c2ccc(F)cc2)[nH]1. The first-order chi connectivity index (χ1) is 8.54. The molecule has 0 saturated carbocycles. The van der Waals surface area contributed by atoms with Gasteiger partial charge >= 0.3 is 0 Å². The molecule has 0 aliphatic carbocycles. The molecule has 0 aliphatic heterocycles. The number of rotatable bonds is 3. The van der Waals surface area contributed by atoms with E-state index in [2.05, 4.69) is 15.0 Å². The number of carbonyl (C=O) groups is 1. The van der Waals surface area contributed by atoms with Gasteiger partial charge in [-0.25, -0.2) is 14.4 Å². The number of halogens is 1. The molecule has 0 unspecified atom stereocenters. The number of aromatic nitrogens is 3. The van der Waals surface area contributed by atoms with Crippen molar-refractivity contribution in [2.45, 2.75) is 13.3 Å². The Hall–Kier alpha value is -1.95. The van der Waals surface area contributed by atoms with Crippen molar-refractivity contribution < 1.29 is 9.18 Å². The Morgan fingerprint density at radius 3 is 2.61 bits per heavy atom. The smallest absolute Gasteiger partial charge is 0.222 e. The number of carbonyl (C=O) groups excluding carboxylic acids is 1. The van der Waals surface area contributed by atoms with Crippen LogP contribution in [0.25, 0.3) is 11.4 Å². The fraction of sp³-hybridized carbons (Fsp3) is 0.167. The van der Waals surface area contributed by atoms with E-state index < -0.39 is 0 Å². The van der Waals surface area contributed by atoms with Gasteiger partial charge in [-0.15, -0.1) is 0 Å². The van der Waals surface area contributed by atoms with E-state index in [9.17, 15) is 9.18 Å². The second-order valence-corrected chi connectivity index (χ2v) is 4.18. The molecule has 2 aromatic rings. The van der Waals surface area contributed by atoms with Crippen molar-refractivity contribution in [2.24, 2.45) is 0 Å². The van der Waals surface area contributed by atoms with E-state index in [1.54, 1.807) is 12.1 Å². The summed E-state index contributed by atoms with van der Waals surface area (Å²) >= 11 is 4.94. The summed E-state index contributed by atoms with van der Waals surface area (Å²) in [5.74, 6) is 0.591. The molecule has 4 nitrogen and oxygen atoms in total. The fourth-order valence-corrected chi connectivity index (χ4v) is 1.69. The van der Waals surface area contributed by atoms with Crippen LogP contribution in [-0.4, -0.2) is 20.7 Å². The summed E-state index contributed by atoms with van der Waals surface area (Å²) in [4.78, 5) is 22.0. The maximum absolute atomic E-state index is 12.8. The molecular weight excluding hydrogens is 253 g/mol. The molecule has 1 aromatic carbocycles. The van der Waals surface area contributed by atoms with Gasteiger partial charge in [0, 0.05) is 5.56 Å². The van der Waals surface area contributed by atoms with Gasteiger partial charge < -0.3 is 4.98 Å². The Bertz CT molecular complexity index is 637. The molecule has 18 heavy (non-hydrogen) atoms. The summed E-state index contributed by atoms with van der Waals surface area (Å²) in [6, 6.07) is 5.83. The molecule has 0 spiro atoms. The minimum atomic E-state index is -0.324. The van der Waals surface area contributed by atoms with Crippen LogP contribution >= 0.6 is 12.2 Å². The van der Waals surface area contributed by atoms with Crippen LogP contribution in [0.2, 0.25) is 0 Å². The maximum atomic E-state index is 12.8. The zero-order chi connectivity index (χ0) is 13.1. The number of benzene rings is 1. The van der Waals surface area contributed by atoms with Crippen LogP contribution in [0.5, 0.6) is 0 Å². The summed E-state index contributed by atoms with van der Waals surface area (Å²) in [5.41, 5.74) is 0.690. The number of hydrogen-bond donors (Lipinski definition) is 1.